The zero-order valence-corrected chi connectivity index (χ0v) is 17.6. The minimum Gasteiger partial charge on any atom is -0.486 e. The third-order valence-electron chi connectivity index (χ3n) is 4.52. The van der Waals surface area contributed by atoms with Crippen LogP contribution >= 0.6 is 27.3 Å². The molecule has 0 bridgehead atoms. The lowest BCUT2D eigenvalue weighted by molar-refractivity contribution is 0.0731. The summed E-state index contributed by atoms with van der Waals surface area (Å²) >= 11 is 5.05. The molecule has 1 aromatic carbocycles. The van der Waals surface area contributed by atoms with Crippen molar-refractivity contribution in [2.75, 3.05) is 31.1 Å². The summed E-state index contributed by atoms with van der Waals surface area (Å²) in [4.78, 5) is 21.3. The van der Waals surface area contributed by atoms with E-state index in [1.54, 1.807) is 23.5 Å². The summed E-state index contributed by atoms with van der Waals surface area (Å²) in [6.07, 6.45) is 2.72. The molecule has 4 rings (SSSR count). The van der Waals surface area contributed by atoms with E-state index in [1.807, 2.05) is 40.7 Å². The number of carbonyl (C=O) groups is 1. The Bertz CT molecular complexity index is 928. The van der Waals surface area contributed by atoms with Crippen LogP contribution in [0, 0.1) is 0 Å². The molecule has 0 unspecified atom stereocenters. The van der Waals surface area contributed by atoms with Gasteiger partial charge in [0, 0.05) is 42.2 Å². The monoisotopic (exact) mass is 461 g/mol. The Labute approximate surface area is 175 Å². The number of furan rings is 1. The van der Waals surface area contributed by atoms with Crippen LogP contribution in [0.15, 0.2) is 56.9 Å². The Balaban J connectivity index is 1.35. The number of rotatable bonds is 5. The number of thiazole rings is 1. The first-order valence-electron chi connectivity index (χ1n) is 9.10. The van der Waals surface area contributed by atoms with Crippen LogP contribution in [0.3, 0.4) is 0 Å². The Morgan fingerprint density at radius 2 is 2.14 bits per heavy atom. The molecule has 146 valence electrons. The van der Waals surface area contributed by atoms with Crippen LogP contribution < -0.4 is 9.64 Å². The molecule has 1 aliphatic rings. The molecule has 1 amide bonds. The van der Waals surface area contributed by atoms with Gasteiger partial charge in [0.15, 0.2) is 10.9 Å². The Morgan fingerprint density at radius 3 is 2.96 bits per heavy atom. The maximum atomic E-state index is 12.8. The molecule has 2 aromatic heterocycles. The van der Waals surface area contributed by atoms with E-state index in [0.717, 1.165) is 34.9 Å². The lowest BCUT2D eigenvalue weighted by Crippen LogP contribution is -2.35. The topological polar surface area (TPSA) is 58.8 Å². The van der Waals surface area contributed by atoms with Crippen molar-refractivity contribution in [3.8, 4) is 5.75 Å². The first-order valence-corrected chi connectivity index (χ1v) is 10.8. The van der Waals surface area contributed by atoms with Crippen LogP contribution in [0.2, 0.25) is 0 Å². The summed E-state index contributed by atoms with van der Waals surface area (Å²) < 4.78 is 12.4. The summed E-state index contributed by atoms with van der Waals surface area (Å²) in [6.45, 7) is 3.33. The first kappa shape index (κ1) is 19.0. The number of ether oxygens (including phenoxy) is 1. The number of hydrogen-bond donors (Lipinski definition) is 0. The van der Waals surface area contributed by atoms with Gasteiger partial charge in [0.05, 0.1) is 0 Å². The second-order valence-corrected chi connectivity index (χ2v) is 8.25. The second-order valence-electron chi connectivity index (χ2n) is 6.46. The predicted octanol–water partition coefficient (Wildman–Crippen LogP) is 4.43. The number of carbonyl (C=O) groups excluding carboxylic acids is 1. The standard InChI is InChI=1S/C20H20BrN3O3S/c21-15-3-1-4-16(13-15)26-14-17-5-6-18(27-17)19(25)23-8-2-9-24(11-10-23)20-22-7-12-28-20/h1,3-7,12-13H,2,8-11,14H2. The van der Waals surface area contributed by atoms with Crippen molar-refractivity contribution < 1.29 is 13.9 Å². The number of aromatic nitrogens is 1. The highest BCUT2D eigenvalue weighted by atomic mass is 79.9. The third-order valence-corrected chi connectivity index (χ3v) is 5.85. The van der Waals surface area contributed by atoms with Gasteiger partial charge in [-0.2, -0.15) is 0 Å². The summed E-state index contributed by atoms with van der Waals surface area (Å²) in [6, 6.07) is 11.1. The molecule has 0 aliphatic carbocycles. The molecule has 1 aliphatic heterocycles. The van der Waals surface area contributed by atoms with E-state index < -0.39 is 0 Å². The smallest absolute Gasteiger partial charge is 0.289 e. The van der Waals surface area contributed by atoms with Gasteiger partial charge in [0.2, 0.25) is 0 Å². The molecular weight excluding hydrogens is 442 g/mol. The van der Waals surface area contributed by atoms with Crippen molar-refractivity contribution in [2.24, 2.45) is 0 Å². The number of halogens is 1. The summed E-state index contributed by atoms with van der Waals surface area (Å²) in [7, 11) is 0. The minimum absolute atomic E-state index is 0.0744. The normalized spacial score (nSPS) is 14.8. The number of nitrogens with zero attached hydrogens (tertiary/aromatic N) is 3. The quantitative estimate of drug-likeness (QED) is 0.562. The molecule has 8 heteroatoms. The van der Waals surface area contributed by atoms with Crippen LogP contribution in [-0.4, -0.2) is 42.0 Å². The van der Waals surface area contributed by atoms with Crippen LogP contribution in [0.25, 0.3) is 0 Å². The van der Waals surface area contributed by atoms with E-state index in [-0.39, 0.29) is 12.5 Å². The first-order chi connectivity index (χ1) is 13.7. The fourth-order valence-corrected chi connectivity index (χ4v) is 4.20. The molecule has 0 N–H and O–H groups in total. The van der Waals surface area contributed by atoms with Gasteiger partial charge < -0.3 is 19.0 Å². The van der Waals surface area contributed by atoms with Crippen LogP contribution in [0.4, 0.5) is 5.13 Å². The van der Waals surface area contributed by atoms with Gasteiger partial charge in [-0.05, 0) is 36.8 Å². The summed E-state index contributed by atoms with van der Waals surface area (Å²) in [5.74, 6) is 1.65. The lowest BCUT2D eigenvalue weighted by atomic mass is 10.3. The van der Waals surface area contributed by atoms with Crippen molar-refractivity contribution in [2.45, 2.75) is 13.0 Å². The van der Waals surface area contributed by atoms with E-state index in [1.165, 1.54) is 0 Å². The Morgan fingerprint density at radius 1 is 1.21 bits per heavy atom. The molecule has 6 nitrogen and oxygen atoms in total. The molecule has 0 radical (unpaired) electrons. The van der Waals surface area contributed by atoms with Gasteiger partial charge in [-0.25, -0.2) is 4.98 Å². The average molecular weight is 462 g/mol. The van der Waals surface area contributed by atoms with Crippen molar-refractivity contribution >= 4 is 38.3 Å². The van der Waals surface area contributed by atoms with Gasteiger partial charge in [-0.15, -0.1) is 11.3 Å². The SMILES string of the molecule is O=C(c1ccc(COc2cccc(Br)c2)o1)N1CCCN(c2nccs2)CC1. The van der Waals surface area contributed by atoms with Crippen molar-refractivity contribution in [3.63, 3.8) is 0 Å². The molecular formula is C20H20BrN3O3S. The second kappa shape index (κ2) is 8.79. The minimum atomic E-state index is -0.0744. The Kier molecular flexibility index (Phi) is 5.97. The van der Waals surface area contributed by atoms with E-state index in [4.69, 9.17) is 9.15 Å². The molecule has 1 saturated heterocycles. The van der Waals surface area contributed by atoms with E-state index >= 15 is 0 Å². The highest BCUT2D eigenvalue weighted by Crippen LogP contribution is 2.21. The third kappa shape index (κ3) is 4.56. The maximum Gasteiger partial charge on any atom is 0.289 e. The van der Waals surface area contributed by atoms with Crippen LogP contribution in [-0.2, 0) is 6.61 Å². The fourth-order valence-electron chi connectivity index (χ4n) is 3.12. The average Bonchev–Trinajstić information content (AvgIpc) is 3.34. The van der Waals surface area contributed by atoms with Gasteiger partial charge in [0.25, 0.3) is 5.91 Å². The largest absolute Gasteiger partial charge is 0.486 e. The van der Waals surface area contributed by atoms with Crippen molar-refractivity contribution in [1.29, 1.82) is 0 Å². The van der Waals surface area contributed by atoms with Gasteiger partial charge >= 0.3 is 0 Å². The molecule has 3 heterocycles. The fraction of sp³-hybridized carbons (Fsp3) is 0.300. The van der Waals surface area contributed by atoms with Crippen LogP contribution in [0.1, 0.15) is 22.7 Å². The predicted molar refractivity (Wildman–Crippen MR) is 112 cm³/mol. The molecule has 0 spiro atoms. The van der Waals surface area contributed by atoms with Gasteiger partial charge in [-0.1, -0.05) is 22.0 Å². The van der Waals surface area contributed by atoms with Crippen LogP contribution in [0.5, 0.6) is 5.75 Å². The summed E-state index contributed by atoms with van der Waals surface area (Å²) in [5, 5.41) is 2.99. The molecule has 28 heavy (non-hydrogen) atoms. The molecule has 1 fully saturated rings. The Hall–Kier alpha value is -2.32. The van der Waals surface area contributed by atoms with E-state index in [2.05, 4.69) is 25.8 Å². The van der Waals surface area contributed by atoms with Gasteiger partial charge in [0.1, 0.15) is 18.1 Å². The number of benzene rings is 1. The van der Waals surface area contributed by atoms with Crippen molar-refractivity contribution in [1.82, 2.24) is 9.88 Å². The lowest BCUT2D eigenvalue weighted by Gasteiger charge is -2.20. The van der Waals surface area contributed by atoms with Crippen molar-refractivity contribution in [3.05, 3.63) is 64.0 Å². The molecule has 0 saturated carbocycles. The van der Waals surface area contributed by atoms with E-state index in [9.17, 15) is 4.79 Å². The number of amides is 1. The number of anilines is 1. The molecule has 3 aromatic rings. The zero-order chi connectivity index (χ0) is 19.3. The highest BCUT2D eigenvalue weighted by Gasteiger charge is 2.23. The number of hydrogen-bond acceptors (Lipinski definition) is 6. The maximum absolute atomic E-state index is 12.8. The van der Waals surface area contributed by atoms with Gasteiger partial charge in [-0.3, -0.25) is 4.79 Å². The molecule has 0 atom stereocenters. The highest BCUT2D eigenvalue weighted by molar-refractivity contribution is 9.10. The zero-order valence-electron chi connectivity index (χ0n) is 15.2. The van der Waals surface area contributed by atoms with E-state index in [0.29, 0.717) is 24.6 Å². The summed E-state index contributed by atoms with van der Waals surface area (Å²) in [5.41, 5.74) is 0.